The van der Waals surface area contributed by atoms with Gasteiger partial charge in [-0.05, 0) is 59.7 Å². The van der Waals surface area contributed by atoms with Gasteiger partial charge in [-0.3, -0.25) is 4.98 Å². The van der Waals surface area contributed by atoms with Crippen molar-refractivity contribution >= 4 is 70.4 Å². The molecule has 1 aliphatic rings. The van der Waals surface area contributed by atoms with Crippen molar-refractivity contribution < 1.29 is 0 Å². The first-order valence-electron chi connectivity index (χ1n) is 13.1. The van der Waals surface area contributed by atoms with Gasteiger partial charge in [-0.15, -0.1) is 11.3 Å². The van der Waals surface area contributed by atoms with Crippen molar-refractivity contribution in [1.82, 2.24) is 9.55 Å². The Labute approximate surface area is 228 Å². The molecule has 0 radical (unpaired) electrons. The van der Waals surface area contributed by atoms with Crippen LogP contribution in [0.25, 0.3) is 58.8 Å². The van der Waals surface area contributed by atoms with Gasteiger partial charge in [0.2, 0.25) is 0 Å². The molecule has 8 aromatic rings. The molecule has 3 aromatic heterocycles. The van der Waals surface area contributed by atoms with Gasteiger partial charge in [-0.1, -0.05) is 66.7 Å². The smallest absolute Gasteiger partial charge is 0.0783 e. The van der Waals surface area contributed by atoms with E-state index in [-0.39, 0.29) is 0 Å². The maximum Gasteiger partial charge on any atom is 0.0783 e. The Bertz CT molecular complexity index is 2220. The molecule has 0 amide bonds. The molecule has 0 bridgehead atoms. The number of benzene rings is 5. The van der Waals surface area contributed by atoms with E-state index in [0.717, 1.165) is 16.8 Å². The summed E-state index contributed by atoms with van der Waals surface area (Å²) in [5.41, 5.74) is 9.53. The van der Waals surface area contributed by atoms with Crippen molar-refractivity contribution in [3.8, 4) is 16.8 Å². The van der Waals surface area contributed by atoms with E-state index < -0.39 is 0 Å². The topological polar surface area (TPSA) is 21.1 Å². The maximum absolute atomic E-state index is 4.30. The summed E-state index contributed by atoms with van der Waals surface area (Å²) in [6, 6.07) is 41.8. The number of nitrogens with zero attached hydrogens (tertiary/aromatic N) is 3. The fourth-order valence-electron chi connectivity index (χ4n) is 6.33. The lowest BCUT2D eigenvalue weighted by atomic mass is 10.0. The first-order chi connectivity index (χ1) is 19.4. The molecule has 0 atom stereocenters. The summed E-state index contributed by atoms with van der Waals surface area (Å²) >= 11 is 1.90. The van der Waals surface area contributed by atoms with Crippen LogP contribution in [-0.4, -0.2) is 9.55 Å². The highest BCUT2D eigenvalue weighted by Crippen LogP contribution is 2.51. The summed E-state index contributed by atoms with van der Waals surface area (Å²) in [6.45, 7) is 0. The lowest BCUT2D eigenvalue weighted by molar-refractivity contribution is 1.11. The van der Waals surface area contributed by atoms with Crippen LogP contribution in [0.1, 0.15) is 0 Å². The van der Waals surface area contributed by atoms with E-state index in [2.05, 4.69) is 124 Å². The number of para-hydroxylation sites is 3. The van der Waals surface area contributed by atoms with Crippen molar-refractivity contribution in [2.75, 3.05) is 4.90 Å². The Morgan fingerprint density at radius 2 is 1.36 bits per heavy atom. The second-order valence-corrected chi connectivity index (χ2v) is 11.1. The Hall–Kier alpha value is -4.93. The first-order valence-corrected chi connectivity index (χ1v) is 14.0. The molecule has 0 spiro atoms. The first kappa shape index (κ1) is 21.1. The van der Waals surface area contributed by atoms with Gasteiger partial charge in [0.1, 0.15) is 0 Å². The quantitative estimate of drug-likeness (QED) is 0.228. The van der Waals surface area contributed by atoms with Crippen LogP contribution in [0, 0.1) is 0 Å². The SMILES string of the molecule is c1cncc(-c2ccc(N3c4ccccc4-n4c5ccc6c7ccccc7sc6c5c5cccc3c54)cc2)c1. The van der Waals surface area contributed by atoms with Gasteiger partial charge >= 0.3 is 0 Å². The monoisotopic (exact) mass is 515 g/mol. The standard InChI is InChI=1S/C35H21N3S/c1-4-13-32-25(8-1)26-18-19-30-33(35(26)39-32)27-9-5-12-31-34(27)38(30)29-11-3-2-10-28(29)37(31)24-16-14-22(15-17-24)23-7-6-20-36-21-23/h1-21H. The number of pyridine rings is 1. The highest BCUT2D eigenvalue weighted by atomic mass is 32.1. The minimum absolute atomic E-state index is 1.12. The maximum atomic E-state index is 4.30. The number of hydrogen-bond acceptors (Lipinski definition) is 3. The van der Waals surface area contributed by atoms with Crippen LogP contribution in [0.5, 0.6) is 0 Å². The van der Waals surface area contributed by atoms with Crippen LogP contribution in [-0.2, 0) is 0 Å². The molecule has 39 heavy (non-hydrogen) atoms. The summed E-state index contributed by atoms with van der Waals surface area (Å²) in [4.78, 5) is 6.71. The molecule has 5 aromatic carbocycles. The predicted octanol–water partition coefficient (Wildman–Crippen LogP) is 10.00. The Balaban J connectivity index is 1.35. The van der Waals surface area contributed by atoms with Crippen LogP contribution < -0.4 is 4.90 Å². The van der Waals surface area contributed by atoms with E-state index in [1.165, 1.54) is 59.0 Å². The molecular formula is C35H21N3S. The molecule has 4 heteroatoms. The van der Waals surface area contributed by atoms with Gasteiger partial charge in [0, 0.05) is 49.0 Å². The summed E-state index contributed by atoms with van der Waals surface area (Å²) in [5, 5.41) is 5.31. The molecule has 9 rings (SSSR count). The molecule has 0 fully saturated rings. The molecule has 1 aliphatic heterocycles. The molecular weight excluding hydrogens is 494 g/mol. The second kappa shape index (κ2) is 7.79. The number of thiophene rings is 1. The Kier molecular flexibility index (Phi) is 4.21. The van der Waals surface area contributed by atoms with Crippen LogP contribution >= 0.6 is 11.3 Å². The van der Waals surface area contributed by atoms with Gasteiger partial charge in [-0.25, -0.2) is 0 Å². The summed E-state index contributed by atoms with van der Waals surface area (Å²) in [6.07, 6.45) is 3.73. The van der Waals surface area contributed by atoms with E-state index >= 15 is 0 Å². The third-order valence-corrected chi connectivity index (χ3v) is 9.20. The van der Waals surface area contributed by atoms with E-state index in [1.54, 1.807) is 0 Å². The third kappa shape index (κ3) is 2.84. The Morgan fingerprint density at radius 1 is 0.564 bits per heavy atom. The number of fused-ring (bicyclic) bond motifs is 9. The van der Waals surface area contributed by atoms with E-state index in [9.17, 15) is 0 Å². The van der Waals surface area contributed by atoms with E-state index in [1.807, 2.05) is 29.8 Å². The lowest BCUT2D eigenvalue weighted by Gasteiger charge is -2.33. The van der Waals surface area contributed by atoms with Crippen LogP contribution in [0.2, 0.25) is 0 Å². The van der Waals surface area contributed by atoms with Gasteiger partial charge in [-0.2, -0.15) is 0 Å². The molecule has 0 saturated carbocycles. The zero-order chi connectivity index (χ0) is 25.5. The van der Waals surface area contributed by atoms with Crippen molar-refractivity contribution in [2.24, 2.45) is 0 Å². The minimum atomic E-state index is 1.12. The zero-order valence-electron chi connectivity index (χ0n) is 20.9. The van der Waals surface area contributed by atoms with Gasteiger partial charge in [0.25, 0.3) is 0 Å². The molecule has 3 nitrogen and oxygen atoms in total. The molecule has 182 valence electrons. The van der Waals surface area contributed by atoms with Crippen LogP contribution in [0.3, 0.4) is 0 Å². The summed E-state index contributed by atoms with van der Waals surface area (Å²) < 4.78 is 5.17. The number of anilines is 3. The molecule has 0 aliphatic carbocycles. The van der Waals surface area contributed by atoms with Crippen molar-refractivity contribution in [1.29, 1.82) is 0 Å². The lowest BCUT2D eigenvalue weighted by Crippen LogP contribution is -2.17. The highest BCUT2D eigenvalue weighted by molar-refractivity contribution is 7.26. The molecule has 0 N–H and O–H groups in total. The van der Waals surface area contributed by atoms with Crippen LogP contribution in [0.15, 0.2) is 128 Å². The van der Waals surface area contributed by atoms with Crippen molar-refractivity contribution in [3.63, 3.8) is 0 Å². The fraction of sp³-hybridized carbons (Fsp3) is 0. The zero-order valence-corrected chi connectivity index (χ0v) is 21.7. The summed E-state index contributed by atoms with van der Waals surface area (Å²) in [7, 11) is 0. The average molecular weight is 516 g/mol. The molecule has 0 unspecified atom stereocenters. The van der Waals surface area contributed by atoms with Crippen LogP contribution in [0.4, 0.5) is 17.1 Å². The van der Waals surface area contributed by atoms with E-state index in [4.69, 9.17) is 0 Å². The largest absolute Gasteiger partial charge is 0.306 e. The Morgan fingerprint density at radius 3 is 2.23 bits per heavy atom. The van der Waals surface area contributed by atoms with Crippen molar-refractivity contribution in [3.05, 3.63) is 128 Å². The normalized spacial score (nSPS) is 12.6. The second-order valence-electron chi connectivity index (χ2n) is 10.1. The van der Waals surface area contributed by atoms with Gasteiger partial charge < -0.3 is 9.47 Å². The fourth-order valence-corrected chi connectivity index (χ4v) is 7.59. The minimum Gasteiger partial charge on any atom is -0.306 e. The predicted molar refractivity (Wildman–Crippen MR) is 165 cm³/mol. The molecule has 0 saturated heterocycles. The molecule has 4 heterocycles. The van der Waals surface area contributed by atoms with E-state index in [0.29, 0.717) is 0 Å². The third-order valence-electron chi connectivity index (χ3n) is 8.00. The highest BCUT2D eigenvalue weighted by Gasteiger charge is 2.29. The number of hydrogen-bond donors (Lipinski definition) is 0. The van der Waals surface area contributed by atoms with Gasteiger partial charge in [0.15, 0.2) is 0 Å². The van der Waals surface area contributed by atoms with Crippen molar-refractivity contribution in [2.45, 2.75) is 0 Å². The number of rotatable bonds is 2. The number of aromatic nitrogens is 2. The summed E-state index contributed by atoms with van der Waals surface area (Å²) in [5.74, 6) is 0. The van der Waals surface area contributed by atoms with Gasteiger partial charge in [0.05, 0.1) is 28.1 Å². The average Bonchev–Trinajstić information content (AvgIpc) is 3.55.